The lowest BCUT2D eigenvalue weighted by molar-refractivity contribution is 0.867. The maximum atomic E-state index is 6.18. The van der Waals surface area contributed by atoms with Crippen LogP contribution >= 0.6 is 35.3 Å². The molecule has 1 aromatic carbocycles. The molecule has 0 unspecified atom stereocenters. The zero-order valence-corrected chi connectivity index (χ0v) is 11.2. The normalized spacial score (nSPS) is 11.9. The number of thiophene rings is 1. The minimum absolute atomic E-state index is 0. The van der Waals surface area contributed by atoms with Gasteiger partial charge in [0.25, 0.3) is 0 Å². The Morgan fingerprint density at radius 1 is 1.31 bits per heavy atom. The largest absolute Gasteiger partial charge is 0.320 e. The highest BCUT2D eigenvalue weighted by Crippen LogP contribution is 2.30. The van der Waals surface area contributed by atoms with Gasteiger partial charge in [0.1, 0.15) is 0 Å². The second kappa shape index (κ2) is 5.69. The van der Waals surface area contributed by atoms with Crippen molar-refractivity contribution in [1.82, 2.24) is 0 Å². The van der Waals surface area contributed by atoms with E-state index in [-0.39, 0.29) is 18.4 Å². The van der Waals surface area contributed by atoms with Gasteiger partial charge >= 0.3 is 0 Å². The second-order valence-electron chi connectivity index (χ2n) is 3.50. The number of benzene rings is 1. The molecule has 0 bridgehead atoms. The lowest BCUT2D eigenvalue weighted by atomic mass is 9.98. The zero-order chi connectivity index (χ0) is 10.8. The van der Waals surface area contributed by atoms with Crippen LogP contribution in [-0.2, 0) is 0 Å². The number of nitrogens with two attached hydrogens (primary N) is 1. The molecule has 4 heteroatoms. The highest BCUT2D eigenvalue weighted by Gasteiger charge is 2.14. The molecule has 1 aromatic heterocycles. The fourth-order valence-corrected chi connectivity index (χ4v) is 2.69. The first-order valence-corrected chi connectivity index (χ1v) is 6.05. The fraction of sp³-hybridized carbons (Fsp3) is 0.167. The average Bonchev–Trinajstić information content (AvgIpc) is 2.69. The van der Waals surface area contributed by atoms with Crippen LogP contribution in [0.2, 0.25) is 5.02 Å². The Balaban J connectivity index is 0.00000128. The van der Waals surface area contributed by atoms with Gasteiger partial charge in [-0.1, -0.05) is 23.7 Å². The molecule has 0 radical (unpaired) electrons. The summed E-state index contributed by atoms with van der Waals surface area (Å²) >= 11 is 7.82. The van der Waals surface area contributed by atoms with Crippen molar-refractivity contribution >= 4 is 35.3 Å². The van der Waals surface area contributed by atoms with Crippen molar-refractivity contribution in [2.75, 3.05) is 0 Å². The van der Waals surface area contributed by atoms with Crippen LogP contribution in [0.1, 0.15) is 22.7 Å². The van der Waals surface area contributed by atoms with E-state index in [4.69, 9.17) is 17.3 Å². The van der Waals surface area contributed by atoms with Crippen molar-refractivity contribution in [2.24, 2.45) is 5.73 Å². The summed E-state index contributed by atoms with van der Waals surface area (Å²) in [6.45, 7) is 2.04. The molecule has 0 aliphatic carbocycles. The van der Waals surface area contributed by atoms with Crippen LogP contribution in [0.4, 0.5) is 0 Å². The number of hydrogen-bond donors (Lipinski definition) is 1. The van der Waals surface area contributed by atoms with E-state index in [2.05, 4.69) is 5.38 Å². The third-order valence-corrected chi connectivity index (χ3v) is 3.52. The molecular weight excluding hydrogens is 261 g/mol. The molecule has 0 fully saturated rings. The van der Waals surface area contributed by atoms with E-state index in [1.165, 1.54) is 0 Å². The third-order valence-electron chi connectivity index (χ3n) is 2.48. The first-order valence-electron chi connectivity index (χ1n) is 4.73. The fourth-order valence-electron chi connectivity index (χ4n) is 1.66. The van der Waals surface area contributed by atoms with Gasteiger partial charge in [0, 0.05) is 5.02 Å². The van der Waals surface area contributed by atoms with Crippen molar-refractivity contribution < 1.29 is 0 Å². The molecule has 2 N–H and O–H groups in total. The molecule has 0 amide bonds. The molecule has 0 spiro atoms. The topological polar surface area (TPSA) is 26.0 Å². The molecule has 0 saturated heterocycles. The Morgan fingerprint density at radius 3 is 2.62 bits per heavy atom. The van der Waals surface area contributed by atoms with E-state index in [0.717, 1.165) is 21.7 Å². The Bertz CT molecular complexity index is 434. The molecule has 86 valence electrons. The summed E-state index contributed by atoms with van der Waals surface area (Å²) in [5, 5.41) is 4.84. The maximum absolute atomic E-state index is 6.18. The Morgan fingerprint density at radius 2 is 2.06 bits per heavy atom. The molecule has 0 aliphatic rings. The van der Waals surface area contributed by atoms with Crippen LogP contribution in [0.15, 0.2) is 35.0 Å². The molecule has 2 rings (SSSR count). The van der Waals surface area contributed by atoms with E-state index in [1.807, 2.05) is 36.6 Å². The van der Waals surface area contributed by atoms with Gasteiger partial charge < -0.3 is 5.73 Å². The second-order valence-corrected chi connectivity index (χ2v) is 4.69. The summed E-state index contributed by atoms with van der Waals surface area (Å²) in [4.78, 5) is 0. The van der Waals surface area contributed by atoms with E-state index in [1.54, 1.807) is 11.3 Å². The van der Waals surface area contributed by atoms with Gasteiger partial charge in [-0.2, -0.15) is 11.3 Å². The van der Waals surface area contributed by atoms with Crippen molar-refractivity contribution in [3.8, 4) is 0 Å². The van der Waals surface area contributed by atoms with Crippen LogP contribution in [0.3, 0.4) is 0 Å². The summed E-state index contributed by atoms with van der Waals surface area (Å²) in [6, 6.07) is 7.79. The van der Waals surface area contributed by atoms with Crippen molar-refractivity contribution in [2.45, 2.75) is 13.0 Å². The highest BCUT2D eigenvalue weighted by atomic mass is 35.5. The highest BCUT2D eigenvalue weighted by molar-refractivity contribution is 7.08. The van der Waals surface area contributed by atoms with E-state index in [9.17, 15) is 0 Å². The van der Waals surface area contributed by atoms with Gasteiger partial charge in [0.05, 0.1) is 6.04 Å². The number of halogens is 2. The first-order chi connectivity index (χ1) is 7.20. The minimum atomic E-state index is -0.120. The molecule has 0 saturated carbocycles. The third kappa shape index (κ3) is 2.58. The minimum Gasteiger partial charge on any atom is -0.320 e. The van der Waals surface area contributed by atoms with E-state index in [0.29, 0.717) is 0 Å². The standard InChI is InChI=1S/C12H12ClNS.ClH/c1-8-3-2-4-10(13)11(8)12(14)9-5-6-15-7-9;/h2-7,12H,14H2,1H3;1H/t12-;/m1./s1. The summed E-state index contributed by atoms with van der Waals surface area (Å²) in [6.07, 6.45) is 0. The molecule has 1 heterocycles. The molecule has 1 nitrogen and oxygen atoms in total. The van der Waals surface area contributed by atoms with Gasteiger partial charge in [-0.15, -0.1) is 12.4 Å². The van der Waals surface area contributed by atoms with Gasteiger partial charge in [0.15, 0.2) is 0 Å². The zero-order valence-electron chi connectivity index (χ0n) is 8.81. The predicted octanol–water partition coefficient (Wildman–Crippen LogP) is 4.18. The Hall–Kier alpha value is -0.540. The molecule has 2 aromatic rings. The van der Waals surface area contributed by atoms with Crippen LogP contribution in [0, 0.1) is 6.92 Å². The van der Waals surface area contributed by atoms with Gasteiger partial charge in [-0.3, -0.25) is 0 Å². The van der Waals surface area contributed by atoms with Gasteiger partial charge in [-0.05, 0) is 46.5 Å². The van der Waals surface area contributed by atoms with E-state index >= 15 is 0 Å². The monoisotopic (exact) mass is 273 g/mol. The van der Waals surface area contributed by atoms with Gasteiger partial charge in [0.2, 0.25) is 0 Å². The molecule has 0 aliphatic heterocycles. The molecule has 16 heavy (non-hydrogen) atoms. The summed E-state index contributed by atoms with van der Waals surface area (Å²) < 4.78 is 0. The summed E-state index contributed by atoms with van der Waals surface area (Å²) in [5.41, 5.74) is 9.47. The lowest BCUT2D eigenvalue weighted by Gasteiger charge is -2.15. The molecular formula is C12H13Cl2NS. The summed E-state index contributed by atoms with van der Waals surface area (Å²) in [7, 11) is 0. The quantitative estimate of drug-likeness (QED) is 0.873. The maximum Gasteiger partial charge on any atom is 0.0577 e. The number of hydrogen-bond acceptors (Lipinski definition) is 2. The smallest absolute Gasteiger partial charge is 0.0577 e. The van der Waals surface area contributed by atoms with Gasteiger partial charge in [-0.25, -0.2) is 0 Å². The SMILES string of the molecule is Cc1cccc(Cl)c1[C@H](N)c1ccsc1.Cl. The van der Waals surface area contributed by atoms with Crippen LogP contribution in [0.25, 0.3) is 0 Å². The van der Waals surface area contributed by atoms with Crippen molar-refractivity contribution in [1.29, 1.82) is 0 Å². The Labute approximate surface area is 111 Å². The van der Waals surface area contributed by atoms with Crippen LogP contribution in [-0.4, -0.2) is 0 Å². The number of rotatable bonds is 2. The first kappa shape index (κ1) is 13.5. The predicted molar refractivity (Wildman–Crippen MR) is 73.8 cm³/mol. The Kier molecular flexibility index (Phi) is 4.81. The number of aryl methyl sites for hydroxylation is 1. The lowest BCUT2D eigenvalue weighted by Crippen LogP contribution is -2.12. The van der Waals surface area contributed by atoms with Crippen molar-refractivity contribution in [3.05, 3.63) is 56.7 Å². The van der Waals surface area contributed by atoms with Crippen LogP contribution < -0.4 is 5.73 Å². The van der Waals surface area contributed by atoms with E-state index < -0.39 is 0 Å². The summed E-state index contributed by atoms with van der Waals surface area (Å²) in [5.74, 6) is 0. The molecule has 1 atom stereocenters. The van der Waals surface area contributed by atoms with Crippen LogP contribution in [0.5, 0.6) is 0 Å². The average molecular weight is 274 g/mol. The van der Waals surface area contributed by atoms with Crippen molar-refractivity contribution in [3.63, 3.8) is 0 Å².